The third-order valence-corrected chi connectivity index (χ3v) is 7.53. The third kappa shape index (κ3) is 6.14. The van der Waals surface area contributed by atoms with Gasteiger partial charge in [0.15, 0.2) is 6.54 Å². The highest BCUT2D eigenvalue weighted by Crippen LogP contribution is 2.16. The van der Waals surface area contributed by atoms with E-state index in [1.807, 2.05) is 44.2 Å². The number of hydrogen-bond donors (Lipinski definition) is 2. The lowest BCUT2D eigenvalue weighted by Crippen LogP contribution is -3.15. The Labute approximate surface area is 179 Å². The molecule has 2 N–H and O–H groups in total. The second-order valence-corrected chi connectivity index (χ2v) is 10.1. The number of carbonyl (C=O) groups excluding carboxylic acids is 1. The number of rotatable bonds is 8. The van der Waals surface area contributed by atoms with Gasteiger partial charge >= 0.3 is 0 Å². The molecule has 162 valence electrons. The quantitative estimate of drug-likeness (QED) is 0.657. The van der Waals surface area contributed by atoms with Crippen molar-refractivity contribution in [2.75, 3.05) is 32.7 Å². The van der Waals surface area contributed by atoms with Crippen molar-refractivity contribution in [3.05, 3.63) is 65.7 Å². The van der Waals surface area contributed by atoms with Gasteiger partial charge in [-0.15, -0.1) is 0 Å². The highest BCUT2D eigenvalue weighted by atomic mass is 32.2. The van der Waals surface area contributed by atoms with E-state index in [4.69, 9.17) is 0 Å². The van der Waals surface area contributed by atoms with E-state index < -0.39 is 10.0 Å². The SMILES string of the molecule is Cc1ccc(S(=O)(=O)N2CC[NH+](CC(=O)N[C@H](C)CCc3ccccc3)CC2)cc1. The van der Waals surface area contributed by atoms with Crippen molar-refractivity contribution >= 4 is 15.9 Å². The Balaban J connectivity index is 1.42. The van der Waals surface area contributed by atoms with Crippen LogP contribution in [0.2, 0.25) is 0 Å². The van der Waals surface area contributed by atoms with Gasteiger partial charge < -0.3 is 10.2 Å². The van der Waals surface area contributed by atoms with E-state index in [1.54, 1.807) is 12.1 Å². The number of hydrogen-bond acceptors (Lipinski definition) is 3. The molecule has 1 aliphatic rings. The zero-order valence-electron chi connectivity index (χ0n) is 17.8. The highest BCUT2D eigenvalue weighted by Gasteiger charge is 2.31. The minimum Gasteiger partial charge on any atom is -0.349 e. The molecule has 1 heterocycles. The minimum atomic E-state index is -3.46. The lowest BCUT2D eigenvalue weighted by atomic mass is 10.1. The first-order valence-corrected chi connectivity index (χ1v) is 12.0. The number of nitrogens with one attached hydrogen (secondary N) is 2. The van der Waals surface area contributed by atoms with Crippen LogP contribution in [0, 0.1) is 6.92 Å². The normalized spacial score (nSPS) is 16.9. The number of carbonyl (C=O) groups is 1. The fourth-order valence-electron chi connectivity index (χ4n) is 3.73. The van der Waals surface area contributed by atoms with Crippen LogP contribution in [0.1, 0.15) is 24.5 Å². The summed E-state index contributed by atoms with van der Waals surface area (Å²) in [6.07, 6.45) is 1.83. The molecule has 0 radical (unpaired) electrons. The topological polar surface area (TPSA) is 70.9 Å². The standard InChI is InChI=1S/C23H31N3O3S/c1-19-8-12-22(13-9-19)30(28,29)26-16-14-25(15-17-26)18-23(27)24-20(2)10-11-21-6-4-3-5-7-21/h3-9,12-13,20H,10-11,14-18H2,1-2H3,(H,24,27)/p+1/t20-/m1/s1. The van der Waals surface area contributed by atoms with E-state index in [-0.39, 0.29) is 11.9 Å². The van der Waals surface area contributed by atoms with Crippen LogP contribution in [-0.2, 0) is 21.2 Å². The molecule has 1 saturated heterocycles. The molecule has 1 atom stereocenters. The second-order valence-electron chi connectivity index (χ2n) is 8.14. The fraction of sp³-hybridized carbons (Fsp3) is 0.435. The lowest BCUT2D eigenvalue weighted by Gasteiger charge is -2.31. The molecule has 0 aliphatic carbocycles. The van der Waals surface area contributed by atoms with Crippen molar-refractivity contribution in [1.82, 2.24) is 9.62 Å². The second kappa shape index (κ2) is 10.2. The molecule has 6 nitrogen and oxygen atoms in total. The van der Waals surface area contributed by atoms with Crippen molar-refractivity contribution in [2.24, 2.45) is 0 Å². The fourth-order valence-corrected chi connectivity index (χ4v) is 5.17. The van der Waals surface area contributed by atoms with Crippen LogP contribution in [0.3, 0.4) is 0 Å². The summed E-state index contributed by atoms with van der Waals surface area (Å²) in [5, 5.41) is 3.08. The molecule has 2 aromatic rings. The number of sulfonamides is 1. The Bertz CT molecular complexity index is 922. The van der Waals surface area contributed by atoms with Gasteiger partial charge in [-0.2, -0.15) is 4.31 Å². The summed E-state index contributed by atoms with van der Waals surface area (Å²) in [4.78, 5) is 13.9. The Morgan fingerprint density at radius 3 is 2.33 bits per heavy atom. The molecular formula is C23H32N3O3S+. The van der Waals surface area contributed by atoms with Crippen molar-refractivity contribution in [1.29, 1.82) is 0 Å². The van der Waals surface area contributed by atoms with E-state index in [0.717, 1.165) is 23.3 Å². The van der Waals surface area contributed by atoms with Crippen LogP contribution in [-0.4, -0.2) is 57.4 Å². The van der Waals surface area contributed by atoms with E-state index in [2.05, 4.69) is 17.4 Å². The molecule has 0 spiro atoms. The van der Waals surface area contributed by atoms with E-state index in [0.29, 0.717) is 37.6 Å². The first-order valence-electron chi connectivity index (χ1n) is 10.6. The van der Waals surface area contributed by atoms with Crippen LogP contribution in [0.5, 0.6) is 0 Å². The third-order valence-electron chi connectivity index (χ3n) is 5.62. The maximum absolute atomic E-state index is 12.8. The number of quaternary nitrogens is 1. The van der Waals surface area contributed by atoms with Gasteiger partial charge in [0.05, 0.1) is 31.1 Å². The summed E-state index contributed by atoms with van der Waals surface area (Å²) >= 11 is 0. The summed E-state index contributed by atoms with van der Waals surface area (Å²) in [6.45, 7) is 6.49. The van der Waals surface area contributed by atoms with Gasteiger partial charge in [-0.05, 0) is 44.4 Å². The molecule has 0 aromatic heterocycles. The number of amides is 1. The zero-order chi connectivity index (χ0) is 21.6. The van der Waals surface area contributed by atoms with Gasteiger partial charge in [-0.3, -0.25) is 4.79 Å². The predicted molar refractivity (Wildman–Crippen MR) is 118 cm³/mol. The Morgan fingerprint density at radius 1 is 1.07 bits per heavy atom. The van der Waals surface area contributed by atoms with Crippen molar-refractivity contribution < 1.29 is 18.1 Å². The van der Waals surface area contributed by atoms with Crippen LogP contribution in [0.15, 0.2) is 59.5 Å². The van der Waals surface area contributed by atoms with Gasteiger partial charge in [0.25, 0.3) is 5.91 Å². The molecule has 1 amide bonds. The summed E-state index contributed by atoms with van der Waals surface area (Å²) in [5.41, 5.74) is 2.31. The van der Waals surface area contributed by atoms with E-state index >= 15 is 0 Å². The monoisotopic (exact) mass is 430 g/mol. The average molecular weight is 431 g/mol. The summed E-state index contributed by atoms with van der Waals surface area (Å²) < 4.78 is 27.1. The molecule has 1 aliphatic heterocycles. The Morgan fingerprint density at radius 2 is 1.70 bits per heavy atom. The predicted octanol–water partition coefficient (Wildman–Crippen LogP) is 1.02. The maximum Gasteiger partial charge on any atom is 0.275 e. The van der Waals surface area contributed by atoms with Crippen molar-refractivity contribution in [3.63, 3.8) is 0 Å². The first-order chi connectivity index (χ1) is 14.3. The van der Waals surface area contributed by atoms with Crippen LogP contribution in [0.25, 0.3) is 0 Å². The van der Waals surface area contributed by atoms with Crippen LogP contribution < -0.4 is 10.2 Å². The molecule has 3 rings (SSSR count). The summed E-state index contributed by atoms with van der Waals surface area (Å²) in [7, 11) is -3.46. The Hall–Kier alpha value is -2.22. The summed E-state index contributed by atoms with van der Waals surface area (Å²) in [6, 6.07) is 17.3. The number of benzene rings is 2. The molecule has 1 fully saturated rings. The molecule has 0 saturated carbocycles. The number of aryl methyl sites for hydroxylation is 2. The van der Waals surface area contributed by atoms with Crippen LogP contribution >= 0.6 is 0 Å². The smallest absolute Gasteiger partial charge is 0.275 e. The first kappa shape index (κ1) is 22.5. The highest BCUT2D eigenvalue weighted by molar-refractivity contribution is 7.89. The average Bonchev–Trinajstić information content (AvgIpc) is 2.73. The molecule has 0 bridgehead atoms. The number of nitrogens with zero attached hydrogens (tertiary/aromatic N) is 1. The maximum atomic E-state index is 12.8. The Kier molecular flexibility index (Phi) is 7.64. The molecule has 30 heavy (non-hydrogen) atoms. The van der Waals surface area contributed by atoms with Gasteiger partial charge in [0.2, 0.25) is 10.0 Å². The zero-order valence-corrected chi connectivity index (χ0v) is 18.6. The van der Waals surface area contributed by atoms with Crippen molar-refractivity contribution in [3.8, 4) is 0 Å². The number of piperazine rings is 1. The molecule has 0 unspecified atom stereocenters. The van der Waals surface area contributed by atoms with Gasteiger partial charge in [0.1, 0.15) is 0 Å². The molecular weight excluding hydrogens is 398 g/mol. The van der Waals surface area contributed by atoms with Gasteiger partial charge in [0, 0.05) is 6.04 Å². The van der Waals surface area contributed by atoms with E-state index in [9.17, 15) is 13.2 Å². The van der Waals surface area contributed by atoms with Crippen LogP contribution in [0.4, 0.5) is 0 Å². The lowest BCUT2D eigenvalue weighted by molar-refractivity contribution is -0.895. The molecule has 7 heteroatoms. The summed E-state index contributed by atoms with van der Waals surface area (Å²) in [5.74, 6) is 0.0282. The minimum absolute atomic E-state index is 0.0282. The van der Waals surface area contributed by atoms with Gasteiger partial charge in [-0.25, -0.2) is 8.42 Å². The van der Waals surface area contributed by atoms with Gasteiger partial charge in [-0.1, -0.05) is 48.0 Å². The largest absolute Gasteiger partial charge is 0.349 e. The molecule has 2 aromatic carbocycles. The van der Waals surface area contributed by atoms with Crippen molar-refractivity contribution in [2.45, 2.75) is 37.6 Å². The van der Waals surface area contributed by atoms with E-state index in [1.165, 1.54) is 9.87 Å².